The first-order chi connectivity index (χ1) is 8.87. The molecule has 0 unspecified atom stereocenters. The number of sulfonamides is 1. The number of halogens is 2. The molecule has 4 nitrogen and oxygen atoms in total. The van der Waals surface area contributed by atoms with Gasteiger partial charge in [0.25, 0.3) is 0 Å². The zero-order valence-corrected chi connectivity index (χ0v) is 13.1. The van der Waals surface area contributed by atoms with Gasteiger partial charge in [-0.3, -0.25) is 0 Å². The number of hydrogen-bond donors (Lipinski definition) is 1. The summed E-state index contributed by atoms with van der Waals surface area (Å²) < 4.78 is 26.4. The molecule has 0 bridgehead atoms. The zero-order valence-electron chi connectivity index (χ0n) is 10.8. The number of nitrogens with one attached hydrogen (secondary N) is 1. The van der Waals surface area contributed by atoms with Crippen molar-refractivity contribution >= 4 is 33.2 Å². The molecule has 1 N–H and O–H groups in total. The SMILES string of the molecule is CNCc1cc(Cl)cc(S(=O)(=O)N(C)C2CC2)c1Cl. The maximum atomic E-state index is 12.5. The van der Waals surface area contributed by atoms with Crippen LogP contribution in [0.25, 0.3) is 0 Å². The molecule has 7 heteroatoms. The smallest absolute Gasteiger partial charge is 0.244 e. The first-order valence-corrected chi connectivity index (χ1v) is 8.18. The molecule has 0 saturated heterocycles. The Morgan fingerprint density at radius 3 is 2.53 bits per heavy atom. The summed E-state index contributed by atoms with van der Waals surface area (Å²) in [5, 5.41) is 3.56. The molecule has 19 heavy (non-hydrogen) atoms. The highest BCUT2D eigenvalue weighted by molar-refractivity contribution is 7.89. The number of hydrogen-bond acceptors (Lipinski definition) is 3. The van der Waals surface area contributed by atoms with Crippen LogP contribution in [0.5, 0.6) is 0 Å². The third-order valence-corrected chi connectivity index (χ3v) is 5.88. The highest BCUT2D eigenvalue weighted by Gasteiger charge is 2.36. The molecule has 1 aromatic rings. The van der Waals surface area contributed by atoms with E-state index >= 15 is 0 Å². The minimum atomic E-state index is -3.58. The second-order valence-electron chi connectivity index (χ2n) is 4.66. The average molecular weight is 323 g/mol. The van der Waals surface area contributed by atoms with E-state index in [1.807, 2.05) is 0 Å². The van der Waals surface area contributed by atoms with E-state index < -0.39 is 10.0 Å². The predicted octanol–water partition coefficient (Wildman–Crippen LogP) is 2.50. The van der Waals surface area contributed by atoms with Crippen LogP contribution >= 0.6 is 23.2 Å². The summed E-state index contributed by atoms with van der Waals surface area (Å²) >= 11 is 12.2. The molecule has 1 saturated carbocycles. The molecule has 0 aromatic heterocycles. The summed E-state index contributed by atoms with van der Waals surface area (Å²) in [6, 6.07) is 3.18. The van der Waals surface area contributed by atoms with Crippen LogP contribution in [-0.4, -0.2) is 32.9 Å². The van der Waals surface area contributed by atoms with Gasteiger partial charge in [-0.25, -0.2) is 8.42 Å². The lowest BCUT2D eigenvalue weighted by Crippen LogP contribution is -2.29. The largest absolute Gasteiger partial charge is 0.316 e. The summed E-state index contributed by atoms with van der Waals surface area (Å²) in [5.41, 5.74) is 0.680. The van der Waals surface area contributed by atoms with Crippen molar-refractivity contribution in [2.45, 2.75) is 30.3 Å². The molecule has 0 spiro atoms. The molecular formula is C12H16Cl2N2O2S. The molecule has 1 aromatic carbocycles. The summed E-state index contributed by atoms with van der Waals surface area (Å²) in [6.07, 6.45) is 1.80. The number of rotatable bonds is 5. The summed E-state index contributed by atoms with van der Waals surface area (Å²) in [5.74, 6) is 0. The molecule has 0 radical (unpaired) electrons. The molecule has 0 atom stereocenters. The third-order valence-electron chi connectivity index (χ3n) is 3.16. The number of nitrogens with zero attached hydrogens (tertiary/aromatic N) is 1. The van der Waals surface area contributed by atoms with Crippen LogP contribution in [0.3, 0.4) is 0 Å². The summed E-state index contributed by atoms with van der Waals surface area (Å²) in [6.45, 7) is 0.467. The van der Waals surface area contributed by atoms with Crippen molar-refractivity contribution in [3.05, 3.63) is 27.7 Å². The van der Waals surface area contributed by atoms with E-state index in [1.54, 1.807) is 20.2 Å². The van der Waals surface area contributed by atoms with E-state index in [-0.39, 0.29) is 16.0 Å². The fourth-order valence-corrected chi connectivity index (χ4v) is 4.24. The lowest BCUT2D eigenvalue weighted by molar-refractivity contribution is 0.464. The van der Waals surface area contributed by atoms with Gasteiger partial charge in [0.1, 0.15) is 4.90 Å². The molecule has 1 fully saturated rings. The minimum absolute atomic E-state index is 0.0846. The minimum Gasteiger partial charge on any atom is -0.316 e. The van der Waals surface area contributed by atoms with Gasteiger partial charge in [-0.2, -0.15) is 4.31 Å². The van der Waals surface area contributed by atoms with Crippen molar-refractivity contribution in [2.75, 3.05) is 14.1 Å². The highest BCUT2D eigenvalue weighted by atomic mass is 35.5. The van der Waals surface area contributed by atoms with Crippen molar-refractivity contribution in [3.63, 3.8) is 0 Å². The van der Waals surface area contributed by atoms with Gasteiger partial charge < -0.3 is 5.32 Å². The monoisotopic (exact) mass is 322 g/mol. The Kier molecular flexibility index (Phi) is 4.42. The Bertz CT molecular complexity index is 586. The molecule has 2 rings (SSSR count). The van der Waals surface area contributed by atoms with E-state index in [0.29, 0.717) is 17.1 Å². The van der Waals surface area contributed by atoms with Crippen LogP contribution in [-0.2, 0) is 16.6 Å². The number of benzene rings is 1. The first kappa shape index (κ1) is 15.1. The Morgan fingerprint density at radius 2 is 2.00 bits per heavy atom. The fourth-order valence-electron chi connectivity index (χ4n) is 1.91. The van der Waals surface area contributed by atoms with E-state index in [1.165, 1.54) is 10.4 Å². The molecule has 0 aliphatic heterocycles. The summed E-state index contributed by atoms with van der Waals surface area (Å²) in [7, 11) is -0.230. The van der Waals surface area contributed by atoms with Gasteiger partial charge in [-0.05, 0) is 37.6 Å². The lowest BCUT2D eigenvalue weighted by atomic mass is 10.2. The van der Waals surface area contributed by atoms with Gasteiger partial charge in [0.15, 0.2) is 0 Å². The second-order valence-corrected chi connectivity index (χ2v) is 7.44. The molecular weight excluding hydrogens is 307 g/mol. The van der Waals surface area contributed by atoms with Gasteiger partial charge in [0.05, 0.1) is 5.02 Å². The topological polar surface area (TPSA) is 49.4 Å². The van der Waals surface area contributed by atoms with Gasteiger partial charge in [0.2, 0.25) is 10.0 Å². The Labute approximate surface area is 123 Å². The quantitative estimate of drug-likeness (QED) is 0.906. The van der Waals surface area contributed by atoms with Crippen molar-refractivity contribution in [3.8, 4) is 0 Å². The van der Waals surface area contributed by atoms with Crippen LogP contribution < -0.4 is 5.32 Å². The van der Waals surface area contributed by atoms with Crippen LogP contribution in [0.4, 0.5) is 0 Å². The van der Waals surface area contributed by atoms with Crippen LogP contribution in [0.2, 0.25) is 10.0 Å². The predicted molar refractivity (Wildman–Crippen MR) is 77.2 cm³/mol. The summed E-state index contributed by atoms with van der Waals surface area (Å²) in [4.78, 5) is 0.0846. The van der Waals surface area contributed by atoms with Gasteiger partial charge in [0, 0.05) is 24.7 Å². The molecule has 106 valence electrons. The van der Waals surface area contributed by atoms with Crippen molar-refractivity contribution in [2.24, 2.45) is 0 Å². The van der Waals surface area contributed by atoms with Crippen LogP contribution in [0, 0.1) is 0 Å². The Balaban J connectivity index is 2.49. The Morgan fingerprint density at radius 1 is 1.37 bits per heavy atom. The van der Waals surface area contributed by atoms with Crippen molar-refractivity contribution < 1.29 is 8.42 Å². The molecule has 0 heterocycles. The van der Waals surface area contributed by atoms with Gasteiger partial charge in [-0.15, -0.1) is 0 Å². The van der Waals surface area contributed by atoms with E-state index in [0.717, 1.165) is 12.8 Å². The lowest BCUT2D eigenvalue weighted by Gasteiger charge is -2.18. The van der Waals surface area contributed by atoms with E-state index in [2.05, 4.69) is 5.32 Å². The normalized spacial score (nSPS) is 16.1. The molecule has 1 aliphatic carbocycles. The molecule has 0 amide bonds. The van der Waals surface area contributed by atoms with Gasteiger partial charge >= 0.3 is 0 Å². The van der Waals surface area contributed by atoms with Crippen LogP contribution in [0.1, 0.15) is 18.4 Å². The van der Waals surface area contributed by atoms with Crippen LogP contribution in [0.15, 0.2) is 17.0 Å². The fraction of sp³-hybridized carbons (Fsp3) is 0.500. The second kappa shape index (κ2) is 5.58. The zero-order chi connectivity index (χ0) is 14.2. The first-order valence-electron chi connectivity index (χ1n) is 5.98. The van der Waals surface area contributed by atoms with Crippen molar-refractivity contribution in [1.82, 2.24) is 9.62 Å². The maximum absolute atomic E-state index is 12.5. The maximum Gasteiger partial charge on any atom is 0.244 e. The third kappa shape index (κ3) is 3.06. The average Bonchev–Trinajstić information content (AvgIpc) is 3.16. The standard InChI is InChI=1S/C12H16Cl2N2O2S/c1-15-7-8-5-9(13)6-11(12(8)14)19(17,18)16(2)10-3-4-10/h5-6,10,15H,3-4,7H2,1-2H3. The molecule has 1 aliphatic rings. The Hall–Kier alpha value is -0.330. The van der Waals surface area contributed by atoms with Crippen molar-refractivity contribution in [1.29, 1.82) is 0 Å². The van der Waals surface area contributed by atoms with E-state index in [4.69, 9.17) is 23.2 Å². The highest BCUT2D eigenvalue weighted by Crippen LogP contribution is 2.35. The van der Waals surface area contributed by atoms with E-state index in [9.17, 15) is 8.42 Å². The van der Waals surface area contributed by atoms with Gasteiger partial charge in [-0.1, -0.05) is 23.2 Å².